The molecule has 10 heterocycles. The number of hydrogen-bond acceptors (Lipinski definition) is 14. The Morgan fingerprint density at radius 1 is 0.157 bits per heavy atom. The highest BCUT2D eigenvalue weighted by molar-refractivity contribution is 7.27. The van der Waals surface area contributed by atoms with Gasteiger partial charge in [-0.3, -0.25) is 0 Å². The van der Waals surface area contributed by atoms with E-state index in [0.717, 1.165) is 157 Å². The minimum Gasteiger partial charge on any atom is -0.456 e. The third-order valence-corrected chi connectivity index (χ3v) is 34.0. The summed E-state index contributed by atoms with van der Waals surface area (Å²) in [6, 6.07) is 153. The average Bonchev–Trinajstić information content (AvgIpc) is 1.56. The minimum absolute atomic E-state index is 0.222. The number of anilines is 22. The largest absolute Gasteiger partial charge is 0.456 e. The lowest BCUT2D eigenvalue weighted by molar-refractivity contribution is 0.668. The molecule has 0 N–H and O–H groups in total. The summed E-state index contributed by atoms with van der Waals surface area (Å²) in [4.78, 5) is 20.2. The number of hydrogen-bond donors (Lipinski definition) is 0. The van der Waals surface area contributed by atoms with Crippen molar-refractivity contribution in [3.8, 4) is 0 Å². The number of fused-ring (bicyclic) bond motifs is 29. The van der Waals surface area contributed by atoms with Crippen molar-refractivity contribution in [2.24, 2.45) is 0 Å². The van der Waals surface area contributed by atoms with E-state index in [1.54, 1.807) is 0 Å². The van der Waals surface area contributed by atoms with E-state index in [9.17, 15) is 0 Å². The van der Waals surface area contributed by atoms with E-state index < -0.39 is 0 Å². The topological polar surface area (TPSA) is 52.2 Å². The smallest absolute Gasteiger partial charge is 0.137 e. The Balaban J connectivity index is 0.000000140. The SMILES string of the molecule is CC(C)N1c2ccccc2N(c2cccc3c(N4c5ccccc5N(C(C)C)c5cc6c(cc54)oc4ccccc46)cccc23)c2cc3oc4ccccc4c3cc21.c1ccc2c(c1)N(c1c3ccccc3c(N3c4ccccc4N(c4cccc5c4sc4ccccc45)c4cc5c(cc43)sc3ccccc35)c3ccccc13)c1cc3sc4ccccc4c3cc1N2c1cccc2c1sc1ccccc12. The predicted octanol–water partition coefficient (Wildman–Crippen LogP) is 39.3. The molecular formula is C126H82N8O2S4. The molecule has 27 aromatic rings. The molecule has 0 fully saturated rings. The van der Waals surface area contributed by atoms with Crippen molar-refractivity contribution >= 4 is 327 Å². The van der Waals surface area contributed by atoms with Crippen molar-refractivity contribution in [3.63, 3.8) is 0 Å². The summed E-state index contributed by atoms with van der Waals surface area (Å²) < 4.78 is 23.4. The van der Waals surface area contributed by atoms with Gasteiger partial charge < -0.3 is 48.0 Å². The molecule has 4 aliphatic heterocycles. The van der Waals surface area contributed by atoms with Crippen LogP contribution in [-0.2, 0) is 0 Å². The van der Waals surface area contributed by atoms with Gasteiger partial charge in [0.05, 0.1) is 135 Å². The van der Waals surface area contributed by atoms with Crippen LogP contribution in [0.3, 0.4) is 0 Å². The Bertz CT molecular complexity index is 9390. The van der Waals surface area contributed by atoms with Gasteiger partial charge in [-0.15, -0.1) is 45.3 Å². The van der Waals surface area contributed by atoms with E-state index >= 15 is 0 Å². The molecule has 10 nitrogen and oxygen atoms in total. The molecule has 4 aliphatic rings. The number of para-hydroxylation sites is 10. The van der Waals surface area contributed by atoms with Gasteiger partial charge in [-0.05, 0) is 173 Å². The summed E-state index contributed by atoms with van der Waals surface area (Å²) in [5.41, 5.74) is 28.7. The van der Waals surface area contributed by atoms with Gasteiger partial charge in [0.25, 0.3) is 0 Å². The van der Waals surface area contributed by atoms with Crippen molar-refractivity contribution in [3.05, 3.63) is 413 Å². The first-order valence-electron chi connectivity index (χ1n) is 48.0. The fourth-order valence-electron chi connectivity index (χ4n) is 23.6. The lowest BCUT2D eigenvalue weighted by atomic mass is 9.93. The van der Waals surface area contributed by atoms with Gasteiger partial charge >= 0.3 is 0 Å². The molecule has 0 radical (unpaired) electrons. The van der Waals surface area contributed by atoms with Gasteiger partial charge in [-0.25, -0.2) is 0 Å². The van der Waals surface area contributed by atoms with Crippen LogP contribution < -0.4 is 39.2 Å². The highest BCUT2D eigenvalue weighted by atomic mass is 32.1. The van der Waals surface area contributed by atoms with Crippen molar-refractivity contribution in [1.82, 2.24) is 0 Å². The van der Waals surface area contributed by atoms with Crippen LogP contribution >= 0.6 is 45.3 Å². The van der Waals surface area contributed by atoms with E-state index in [2.05, 4.69) is 467 Å². The van der Waals surface area contributed by atoms with Crippen LogP contribution in [0.2, 0.25) is 0 Å². The van der Waals surface area contributed by atoms with Crippen LogP contribution in [0.25, 0.3) is 157 Å². The van der Waals surface area contributed by atoms with Gasteiger partial charge in [0, 0.05) is 149 Å². The fourth-order valence-corrected chi connectivity index (χ4v) is 28.2. The third kappa shape index (κ3) is 11.5. The molecule has 662 valence electrons. The van der Waals surface area contributed by atoms with Crippen molar-refractivity contribution in [1.29, 1.82) is 0 Å². The molecule has 0 aliphatic carbocycles. The second-order valence-corrected chi connectivity index (χ2v) is 41.8. The van der Waals surface area contributed by atoms with Gasteiger partial charge in [0.1, 0.15) is 22.3 Å². The summed E-state index contributed by atoms with van der Waals surface area (Å²) in [5.74, 6) is 0. The maximum Gasteiger partial charge on any atom is 0.137 e. The van der Waals surface area contributed by atoms with Crippen LogP contribution in [0.4, 0.5) is 125 Å². The molecule has 0 saturated heterocycles. The van der Waals surface area contributed by atoms with Gasteiger partial charge in [0.15, 0.2) is 0 Å². The van der Waals surface area contributed by atoms with Crippen molar-refractivity contribution in [2.75, 3.05) is 39.2 Å². The minimum atomic E-state index is 0.222. The first-order valence-corrected chi connectivity index (χ1v) is 51.2. The summed E-state index contributed by atoms with van der Waals surface area (Å²) in [6.45, 7) is 9.08. The molecular weight excluding hydrogens is 1790 g/mol. The number of nitrogens with zero attached hydrogens (tertiary/aromatic N) is 8. The average molecular weight is 1870 g/mol. The van der Waals surface area contributed by atoms with E-state index in [1.165, 1.54) is 125 Å². The summed E-state index contributed by atoms with van der Waals surface area (Å²) in [6.07, 6.45) is 0. The Morgan fingerprint density at radius 2 is 0.407 bits per heavy atom. The Kier molecular flexibility index (Phi) is 17.3. The van der Waals surface area contributed by atoms with Crippen LogP contribution in [0.1, 0.15) is 27.7 Å². The molecule has 6 aromatic heterocycles. The zero-order valence-electron chi connectivity index (χ0n) is 76.4. The highest BCUT2D eigenvalue weighted by Gasteiger charge is 2.42. The first-order chi connectivity index (χ1) is 69.1. The highest BCUT2D eigenvalue weighted by Crippen LogP contribution is 2.66. The van der Waals surface area contributed by atoms with E-state index in [-0.39, 0.29) is 12.1 Å². The molecule has 21 aromatic carbocycles. The summed E-state index contributed by atoms with van der Waals surface area (Å²) in [5, 5.41) is 21.7. The van der Waals surface area contributed by atoms with E-state index in [1.807, 2.05) is 57.5 Å². The molecule has 0 spiro atoms. The molecule has 0 amide bonds. The molecule has 0 unspecified atom stereocenters. The van der Waals surface area contributed by atoms with Crippen molar-refractivity contribution in [2.45, 2.75) is 39.8 Å². The molecule has 140 heavy (non-hydrogen) atoms. The zero-order valence-corrected chi connectivity index (χ0v) is 79.7. The predicted molar refractivity (Wildman–Crippen MR) is 601 cm³/mol. The molecule has 14 heteroatoms. The first kappa shape index (κ1) is 79.5. The van der Waals surface area contributed by atoms with Crippen LogP contribution in [0.15, 0.2) is 421 Å². The fraction of sp³-hybridized carbons (Fsp3) is 0.0476. The second-order valence-electron chi connectivity index (χ2n) is 37.6. The van der Waals surface area contributed by atoms with E-state index in [4.69, 9.17) is 8.83 Å². The monoisotopic (exact) mass is 1870 g/mol. The zero-order chi connectivity index (χ0) is 92.1. The quantitative estimate of drug-likeness (QED) is 0.138. The number of rotatable bonds is 8. The number of benzene rings is 21. The van der Waals surface area contributed by atoms with Crippen LogP contribution in [0, 0.1) is 0 Å². The van der Waals surface area contributed by atoms with Gasteiger partial charge in [0.2, 0.25) is 0 Å². The standard InChI is InChI=1S/C74H42N4S4.C52H40N4O2/c1-2-24-48-47(23-1)71(77-57-31-11-9-29-55(57)75(59-33-17-27-51-43-19-5-15-37-67(43)81-73(51)59)61-39-53-45-21-7-13-35-65(45)79-69(53)41-63(61)77)49-25-3-4-26-50(49)72(48)78-58-32-12-10-30-56(58)76(60-34-18-28-52-44-20-6-16-38-68(44)82-74(52)60)62-40-54-46-22-8-14-36-66(46)80-70(54)42-64(62)78;1-31(2)53-41-19-7-9-21-43(41)55(47-29-51-37(27-45(47)53)35-15-5-11-25-49(35)57-51)39-23-13-18-34-33(39)17-14-24-40(34)56-44-22-10-8-20-42(44)54(32(3)4)46-28-38-36-16-6-12-26-50(36)58-52(38)30-48(46)56/h1-42H;5-32H,1-4H3. The van der Waals surface area contributed by atoms with Gasteiger partial charge in [-0.1, -0.05) is 255 Å². The Labute approximate surface area is 821 Å². The Hall–Kier alpha value is -16.7. The number of thiophene rings is 4. The normalized spacial score (nSPS) is 13.4. The van der Waals surface area contributed by atoms with Crippen LogP contribution in [-0.4, -0.2) is 12.1 Å². The third-order valence-electron chi connectivity index (χ3n) is 29.3. The summed E-state index contributed by atoms with van der Waals surface area (Å²) >= 11 is 7.53. The molecule has 0 bridgehead atoms. The maximum atomic E-state index is 6.55. The maximum absolute atomic E-state index is 6.55. The van der Waals surface area contributed by atoms with E-state index in [0.29, 0.717) is 0 Å². The molecule has 0 saturated carbocycles. The molecule has 0 atom stereocenters. The van der Waals surface area contributed by atoms with Crippen LogP contribution in [0.5, 0.6) is 0 Å². The summed E-state index contributed by atoms with van der Waals surface area (Å²) in [7, 11) is 0. The lowest BCUT2D eigenvalue weighted by Gasteiger charge is -2.43. The Morgan fingerprint density at radius 3 is 0.779 bits per heavy atom. The van der Waals surface area contributed by atoms with Gasteiger partial charge in [-0.2, -0.15) is 0 Å². The molecule has 31 rings (SSSR count). The second kappa shape index (κ2) is 30.4. The van der Waals surface area contributed by atoms with Crippen molar-refractivity contribution < 1.29 is 8.83 Å². The lowest BCUT2D eigenvalue weighted by Crippen LogP contribution is -2.32. The number of furan rings is 2.